The molecular formula is C13H26N2O. The van der Waals surface area contributed by atoms with Crippen LogP contribution in [0.5, 0.6) is 0 Å². The molecule has 3 heteroatoms. The maximum absolute atomic E-state index is 12.2. The summed E-state index contributed by atoms with van der Waals surface area (Å²) in [7, 11) is 0. The molecule has 3 nitrogen and oxygen atoms in total. The van der Waals surface area contributed by atoms with Gasteiger partial charge in [-0.3, -0.25) is 4.79 Å². The molecule has 1 unspecified atom stereocenters. The van der Waals surface area contributed by atoms with Crippen LogP contribution >= 0.6 is 0 Å². The fraction of sp³-hybridized carbons (Fsp3) is 0.923. The van der Waals surface area contributed by atoms with Gasteiger partial charge in [0.2, 0.25) is 5.91 Å². The van der Waals surface area contributed by atoms with Gasteiger partial charge in [0.15, 0.2) is 0 Å². The Balaban J connectivity index is 2.73. The molecule has 1 amide bonds. The second kappa shape index (κ2) is 4.02. The molecule has 0 aromatic rings. The molecule has 1 atom stereocenters. The van der Waals surface area contributed by atoms with Gasteiger partial charge in [0.1, 0.15) is 0 Å². The highest BCUT2D eigenvalue weighted by Crippen LogP contribution is 2.67. The second-order valence-electron chi connectivity index (χ2n) is 6.92. The lowest BCUT2D eigenvalue weighted by Crippen LogP contribution is -2.39. The molecule has 16 heavy (non-hydrogen) atoms. The van der Waals surface area contributed by atoms with Crippen LogP contribution < -0.4 is 11.1 Å². The average Bonchev–Trinajstić information content (AvgIpc) is 2.62. The summed E-state index contributed by atoms with van der Waals surface area (Å²) < 4.78 is 0. The van der Waals surface area contributed by atoms with E-state index in [1.54, 1.807) is 0 Å². The Morgan fingerprint density at radius 3 is 2.19 bits per heavy atom. The molecule has 1 aliphatic rings. The van der Waals surface area contributed by atoms with Crippen LogP contribution in [0.15, 0.2) is 0 Å². The molecule has 1 fully saturated rings. The van der Waals surface area contributed by atoms with Crippen LogP contribution in [-0.4, -0.2) is 19.0 Å². The fourth-order valence-corrected chi connectivity index (χ4v) is 2.74. The molecule has 3 N–H and O–H groups in total. The van der Waals surface area contributed by atoms with E-state index in [9.17, 15) is 4.79 Å². The van der Waals surface area contributed by atoms with E-state index in [1.165, 1.54) is 0 Å². The van der Waals surface area contributed by atoms with E-state index >= 15 is 0 Å². The Bertz CT molecular complexity index is 278. The topological polar surface area (TPSA) is 55.1 Å². The summed E-state index contributed by atoms with van der Waals surface area (Å²) in [6.45, 7) is 12.0. The lowest BCUT2D eigenvalue weighted by molar-refractivity contribution is -0.128. The van der Waals surface area contributed by atoms with E-state index in [-0.39, 0.29) is 22.2 Å². The van der Waals surface area contributed by atoms with Crippen molar-refractivity contribution in [3.05, 3.63) is 0 Å². The first-order valence-corrected chi connectivity index (χ1v) is 6.13. The summed E-state index contributed by atoms with van der Waals surface area (Å²) in [6.07, 6.45) is 1.94. The monoisotopic (exact) mass is 226 g/mol. The SMILES string of the molecule is CC(C)(C)CC1(C(=O)NCCN)CC1(C)C. The molecule has 0 spiro atoms. The zero-order valence-corrected chi connectivity index (χ0v) is 11.3. The number of nitrogens with one attached hydrogen (secondary N) is 1. The van der Waals surface area contributed by atoms with Gasteiger partial charge in [-0.05, 0) is 23.7 Å². The molecule has 0 bridgehead atoms. The standard InChI is InChI=1S/C13H26N2O/c1-11(2,3)8-13(9-12(13,4)5)10(16)15-7-6-14/h6-9,14H2,1-5H3,(H,15,16). The molecule has 94 valence electrons. The van der Waals surface area contributed by atoms with Crippen LogP contribution in [-0.2, 0) is 4.79 Å². The summed E-state index contributed by atoms with van der Waals surface area (Å²) in [5.74, 6) is 0.192. The van der Waals surface area contributed by atoms with Gasteiger partial charge in [-0.25, -0.2) is 0 Å². The minimum atomic E-state index is -0.166. The number of hydrogen-bond donors (Lipinski definition) is 2. The second-order valence-corrected chi connectivity index (χ2v) is 6.92. The Labute approximate surface area is 99.2 Å². The molecule has 0 aliphatic heterocycles. The van der Waals surface area contributed by atoms with Crippen molar-refractivity contribution in [3.8, 4) is 0 Å². The van der Waals surface area contributed by atoms with E-state index in [1.807, 2.05) is 0 Å². The van der Waals surface area contributed by atoms with Gasteiger partial charge >= 0.3 is 0 Å². The predicted molar refractivity (Wildman–Crippen MR) is 67.0 cm³/mol. The molecule has 0 radical (unpaired) electrons. The largest absolute Gasteiger partial charge is 0.354 e. The highest BCUT2D eigenvalue weighted by atomic mass is 16.2. The summed E-state index contributed by atoms with van der Waals surface area (Å²) in [6, 6.07) is 0. The Morgan fingerprint density at radius 1 is 1.38 bits per heavy atom. The highest BCUT2D eigenvalue weighted by Gasteiger charge is 2.66. The zero-order valence-electron chi connectivity index (χ0n) is 11.3. The van der Waals surface area contributed by atoms with Crippen molar-refractivity contribution in [1.29, 1.82) is 0 Å². The van der Waals surface area contributed by atoms with Gasteiger partial charge in [0.05, 0.1) is 5.41 Å². The van der Waals surface area contributed by atoms with Gasteiger partial charge < -0.3 is 11.1 Å². The van der Waals surface area contributed by atoms with E-state index < -0.39 is 0 Å². The van der Waals surface area contributed by atoms with Crippen molar-refractivity contribution in [2.45, 2.75) is 47.5 Å². The quantitative estimate of drug-likeness (QED) is 0.769. The Hall–Kier alpha value is -0.570. The number of amides is 1. The Morgan fingerprint density at radius 2 is 1.88 bits per heavy atom. The zero-order chi connectivity index (χ0) is 12.6. The van der Waals surface area contributed by atoms with Crippen molar-refractivity contribution >= 4 is 5.91 Å². The fourth-order valence-electron chi connectivity index (χ4n) is 2.74. The molecule has 0 saturated heterocycles. The molecule has 1 aliphatic carbocycles. The van der Waals surface area contributed by atoms with E-state index in [4.69, 9.17) is 5.73 Å². The first kappa shape index (κ1) is 13.5. The van der Waals surface area contributed by atoms with Crippen molar-refractivity contribution in [2.24, 2.45) is 22.0 Å². The average molecular weight is 226 g/mol. The Kier molecular flexibility index (Phi) is 3.39. The van der Waals surface area contributed by atoms with Gasteiger partial charge in [0.25, 0.3) is 0 Å². The van der Waals surface area contributed by atoms with Crippen LogP contribution in [0.25, 0.3) is 0 Å². The van der Waals surface area contributed by atoms with E-state index in [0.717, 1.165) is 12.8 Å². The van der Waals surface area contributed by atoms with Crippen LogP contribution in [0.1, 0.15) is 47.5 Å². The lowest BCUT2D eigenvalue weighted by atomic mass is 9.78. The normalized spacial score (nSPS) is 27.6. The number of rotatable bonds is 4. The number of carbonyl (C=O) groups is 1. The third kappa shape index (κ3) is 2.57. The van der Waals surface area contributed by atoms with Gasteiger partial charge in [-0.15, -0.1) is 0 Å². The van der Waals surface area contributed by atoms with E-state index in [0.29, 0.717) is 13.1 Å². The summed E-state index contributed by atoms with van der Waals surface area (Å²) in [5, 5.41) is 2.95. The molecule has 0 heterocycles. The molecular weight excluding hydrogens is 200 g/mol. The summed E-state index contributed by atoms with van der Waals surface area (Å²) >= 11 is 0. The first-order chi connectivity index (χ1) is 7.15. The third-order valence-corrected chi connectivity index (χ3v) is 3.61. The minimum Gasteiger partial charge on any atom is -0.354 e. The predicted octanol–water partition coefficient (Wildman–Crippen LogP) is 1.91. The lowest BCUT2D eigenvalue weighted by Gasteiger charge is -2.28. The highest BCUT2D eigenvalue weighted by molar-refractivity contribution is 5.87. The molecule has 1 saturated carbocycles. The number of hydrogen-bond acceptors (Lipinski definition) is 2. The van der Waals surface area contributed by atoms with Crippen LogP contribution in [0, 0.1) is 16.2 Å². The van der Waals surface area contributed by atoms with Crippen LogP contribution in [0.3, 0.4) is 0 Å². The van der Waals surface area contributed by atoms with Crippen molar-refractivity contribution in [1.82, 2.24) is 5.32 Å². The van der Waals surface area contributed by atoms with Crippen LogP contribution in [0.2, 0.25) is 0 Å². The van der Waals surface area contributed by atoms with Crippen molar-refractivity contribution in [2.75, 3.05) is 13.1 Å². The first-order valence-electron chi connectivity index (χ1n) is 6.13. The maximum atomic E-state index is 12.2. The molecule has 0 aromatic carbocycles. The van der Waals surface area contributed by atoms with Gasteiger partial charge in [-0.2, -0.15) is 0 Å². The van der Waals surface area contributed by atoms with Crippen molar-refractivity contribution in [3.63, 3.8) is 0 Å². The van der Waals surface area contributed by atoms with Gasteiger partial charge in [0, 0.05) is 13.1 Å². The summed E-state index contributed by atoms with van der Waals surface area (Å²) in [5.41, 5.74) is 5.58. The summed E-state index contributed by atoms with van der Waals surface area (Å²) in [4.78, 5) is 12.2. The minimum absolute atomic E-state index is 0.138. The molecule has 1 rings (SSSR count). The maximum Gasteiger partial charge on any atom is 0.226 e. The van der Waals surface area contributed by atoms with E-state index in [2.05, 4.69) is 39.9 Å². The molecule has 0 aromatic heterocycles. The van der Waals surface area contributed by atoms with Crippen molar-refractivity contribution < 1.29 is 4.79 Å². The number of carbonyl (C=O) groups excluding carboxylic acids is 1. The van der Waals surface area contributed by atoms with Crippen LogP contribution in [0.4, 0.5) is 0 Å². The number of nitrogens with two attached hydrogens (primary N) is 1. The van der Waals surface area contributed by atoms with Gasteiger partial charge in [-0.1, -0.05) is 34.6 Å². The smallest absolute Gasteiger partial charge is 0.226 e. The third-order valence-electron chi connectivity index (χ3n) is 3.61.